The topological polar surface area (TPSA) is 72.5 Å². The number of ether oxygens (including phenoxy) is 1. The van der Waals surface area contributed by atoms with Crippen molar-refractivity contribution in [3.05, 3.63) is 89.9 Å². The molecular formula is C24H29NO4S. The summed E-state index contributed by atoms with van der Waals surface area (Å²) in [5.41, 5.74) is 0.561. The van der Waals surface area contributed by atoms with Gasteiger partial charge in [-0.25, -0.2) is 13.2 Å². The lowest BCUT2D eigenvalue weighted by Gasteiger charge is -2.22. The van der Waals surface area contributed by atoms with Crippen LogP contribution in [-0.4, -0.2) is 26.2 Å². The van der Waals surface area contributed by atoms with Crippen molar-refractivity contribution in [3.8, 4) is 0 Å². The number of benzene rings is 2. The van der Waals surface area contributed by atoms with Crippen LogP contribution in [0.1, 0.15) is 32.8 Å². The van der Waals surface area contributed by atoms with Crippen LogP contribution in [0.15, 0.2) is 89.2 Å². The molecule has 0 heterocycles. The summed E-state index contributed by atoms with van der Waals surface area (Å²) in [5, 5.41) is 4.00. The van der Waals surface area contributed by atoms with E-state index >= 15 is 0 Å². The molecule has 0 aliphatic carbocycles. The van der Waals surface area contributed by atoms with Gasteiger partial charge in [-0.3, -0.25) is 0 Å². The van der Waals surface area contributed by atoms with Gasteiger partial charge in [0.2, 0.25) is 0 Å². The minimum atomic E-state index is -3.50. The van der Waals surface area contributed by atoms with Gasteiger partial charge in [-0.1, -0.05) is 66.8 Å². The number of alkyl carbamates (subject to hydrolysis) is 1. The number of nitrogens with one attached hydrogen (secondary N) is 1. The maximum absolute atomic E-state index is 12.3. The van der Waals surface area contributed by atoms with Gasteiger partial charge >= 0.3 is 6.09 Å². The van der Waals surface area contributed by atoms with Crippen LogP contribution in [0, 0.1) is 0 Å². The van der Waals surface area contributed by atoms with Gasteiger partial charge in [0.15, 0.2) is 9.84 Å². The molecule has 5 nitrogen and oxygen atoms in total. The molecule has 0 bridgehead atoms. The Morgan fingerprint density at radius 1 is 1.00 bits per heavy atom. The molecule has 1 atom stereocenters. The van der Waals surface area contributed by atoms with Crippen molar-refractivity contribution in [1.82, 2.24) is 5.32 Å². The maximum Gasteiger partial charge on any atom is 0.408 e. The second-order valence-electron chi connectivity index (χ2n) is 7.85. The summed E-state index contributed by atoms with van der Waals surface area (Å²) in [6.07, 6.45) is 5.77. The van der Waals surface area contributed by atoms with Crippen LogP contribution in [0.4, 0.5) is 4.79 Å². The number of allylic oxidation sites excluding steroid dienone is 2. The minimum absolute atomic E-state index is 0.238. The number of carbonyl (C=O) groups is 1. The SMILES string of the molecule is CC(C)(C)OC(=O)N[C@H](/C=C/C=C/S(=O)(=O)c1ccccc1)CCc1ccccc1. The van der Waals surface area contributed by atoms with Gasteiger partial charge in [-0.2, -0.15) is 0 Å². The number of hydrogen-bond donors (Lipinski definition) is 1. The van der Waals surface area contributed by atoms with Crippen molar-refractivity contribution in [3.63, 3.8) is 0 Å². The molecule has 0 unspecified atom stereocenters. The molecular weight excluding hydrogens is 398 g/mol. The number of rotatable bonds is 8. The molecule has 0 aliphatic rings. The lowest BCUT2D eigenvalue weighted by molar-refractivity contribution is 0.0512. The fourth-order valence-corrected chi connectivity index (χ4v) is 3.67. The summed E-state index contributed by atoms with van der Waals surface area (Å²) < 4.78 is 30.0. The molecule has 6 heteroatoms. The third-order valence-corrected chi connectivity index (χ3v) is 5.52. The molecule has 0 radical (unpaired) electrons. The van der Waals surface area contributed by atoms with Crippen molar-refractivity contribution < 1.29 is 17.9 Å². The monoisotopic (exact) mass is 427 g/mol. The van der Waals surface area contributed by atoms with Gasteiger partial charge in [0.25, 0.3) is 0 Å². The van der Waals surface area contributed by atoms with Crippen LogP contribution in [-0.2, 0) is 21.0 Å². The fraction of sp³-hybridized carbons (Fsp3) is 0.292. The quantitative estimate of drug-likeness (QED) is 0.598. The number of carbonyl (C=O) groups excluding carboxylic acids is 1. The molecule has 2 aromatic carbocycles. The molecule has 0 spiro atoms. The largest absolute Gasteiger partial charge is 0.444 e. The summed E-state index contributed by atoms with van der Waals surface area (Å²) in [6, 6.07) is 17.9. The van der Waals surface area contributed by atoms with Crippen LogP contribution >= 0.6 is 0 Å². The third kappa shape index (κ3) is 8.66. The van der Waals surface area contributed by atoms with Crippen LogP contribution in [0.2, 0.25) is 0 Å². The van der Waals surface area contributed by atoms with E-state index in [1.807, 2.05) is 30.3 Å². The van der Waals surface area contributed by atoms with Crippen LogP contribution in [0.3, 0.4) is 0 Å². The number of aryl methyl sites for hydroxylation is 1. The Bertz CT molecular complexity index is 959. The highest BCUT2D eigenvalue weighted by atomic mass is 32.2. The second-order valence-corrected chi connectivity index (χ2v) is 9.68. The van der Waals surface area contributed by atoms with Gasteiger partial charge < -0.3 is 10.1 Å². The van der Waals surface area contributed by atoms with E-state index in [9.17, 15) is 13.2 Å². The first-order chi connectivity index (χ1) is 14.2. The molecule has 0 aromatic heterocycles. The number of amides is 1. The van der Waals surface area contributed by atoms with E-state index < -0.39 is 21.5 Å². The van der Waals surface area contributed by atoms with E-state index in [1.54, 1.807) is 63.3 Å². The first-order valence-electron chi connectivity index (χ1n) is 9.84. The van der Waals surface area contributed by atoms with Crippen molar-refractivity contribution in [2.24, 2.45) is 0 Å². The smallest absolute Gasteiger partial charge is 0.408 e. The Balaban J connectivity index is 2.05. The molecule has 2 aromatic rings. The lowest BCUT2D eigenvalue weighted by Crippen LogP contribution is -2.38. The van der Waals surface area contributed by atoms with E-state index in [2.05, 4.69) is 5.32 Å². The van der Waals surface area contributed by atoms with Crippen molar-refractivity contribution in [2.45, 2.75) is 50.2 Å². The molecule has 0 saturated heterocycles. The molecule has 1 amide bonds. The summed E-state index contributed by atoms with van der Waals surface area (Å²) in [4.78, 5) is 12.4. The minimum Gasteiger partial charge on any atom is -0.444 e. The third-order valence-electron chi connectivity index (χ3n) is 4.07. The van der Waals surface area contributed by atoms with E-state index in [4.69, 9.17) is 4.74 Å². The van der Waals surface area contributed by atoms with Gasteiger partial charge in [0.05, 0.1) is 10.9 Å². The Kier molecular flexibility index (Phi) is 8.42. The highest BCUT2D eigenvalue weighted by Gasteiger charge is 2.18. The molecule has 1 N–H and O–H groups in total. The fourth-order valence-electron chi connectivity index (χ4n) is 2.68. The Hall–Kier alpha value is -2.86. The average Bonchev–Trinajstić information content (AvgIpc) is 2.69. The van der Waals surface area contributed by atoms with Gasteiger partial charge in [-0.15, -0.1) is 0 Å². The molecule has 0 saturated carbocycles. The van der Waals surface area contributed by atoms with E-state index in [-0.39, 0.29) is 10.9 Å². The Labute approximate surface area is 179 Å². The Morgan fingerprint density at radius 3 is 2.20 bits per heavy atom. The first-order valence-corrected chi connectivity index (χ1v) is 11.4. The van der Waals surface area contributed by atoms with E-state index in [0.717, 1.165) is 17.4 Å². The van der Waals surface area contributed by atoms with Gasteiger partial charge in [-0.05, 0) is 51.3 Å². The van der Waals surface area contributed by atoms with Gasteiger partial charge in [0, 0.05) is 5.41 Å². The summed E-state index contributed by atoms with van der Waals surface area (Å²) in [7, 11) is -3.50. The van der Waals surface area contributed by atoms with Gasteiger partial charge in [0.1, 0.15) is 5.60 Å². The molecule has 0 aliphatic heterocycles. The summed E-state index contributed by atoms with van der Waals surface area (Å²) in [6.45, 7) is 5.41. The predicted molar refractivity (Wildman–Crippen MR) is 120 cm³/mol. The van der Waals surface area contributed by atoms with Crippen molar-refractivity contribution in [2.75, 3.05) is 0 Å². The molecule has 2 rings (SSSR count). The molecule has 0 fully saturated rings. The highest BCUT2D eigenvalue weighted by molar-refractivity contribution is 7.94. The lowest BCUT2D eigenvalue weighted by atomic mass is 10.0. The summed E-state index contributed by atoms with van der Waals surface area (Å²) in [5.74, 6) is 0. The zero-order valence-corrected chi connectivity index (χ0v) is 18.4. The van der Waals surface area contributed by atoms with Crippen molar-refractivity contribution in [1.29, 1.82) is 0 Å². The van der Waals surface area contributed by atoms with Crippen LogP contribution in [0.25, 0.3) is 0 Å². The van der Waals surface area contributed by atoms with E-state index in [0.29, 0.717) is 6.42 Å². The second kappa shape index (κ2) is 10.8. The first kappa shape index (κ1) is 23.4. The normalized spacial score (nSPS) is 13.4. The molecule has 160 valence electrons. The maximum atomic E-state index is 12.3. The molecule has 30 heavy (non-hydrogen) atoms. The predicted octanol–water partition coefficient (Wildman–Crippen LogP) is 5.06. The van der Waals surface area contributed by atoms with E-state index in [1.165, 1.54) is 6.08 Å². The number of sulfone groups is 1. The summed E-state index contributed by atoms with van der Waals surface area (Å²) >= 11 is 0. The van der Waals surface area contributed by atoms with Crippen molar-refractivity contribution >= 4 is 15.9 Å². The highest BCUT2D eigenvalue weighted by Crippen LogP contribution is 2.12. The zero-order chi connectivity index (χ0) is 22.0. The standard InChI is InChI=1S/C24H29NO4S/c1-24(2,3)29-23(26)25-21(18-17-20-12-6-4-7-13-20)14-10-11-19-30(27,28)22-15-8-5-9-16-22/h4-16,19,21H,17-18H2,1-3H3,(H,25,26)/b14-10+,19-11+/t21-/m1/s1. The number of hydrogen-bond acceptors (Lipinski definition) is 4. The zero-order valence-electron chi connectivity index (χ0n) is 17.6. The Morgan fingerprint density at radius 2 is 1.60 bits per heavy atom. The average molecular weight is 428 g/mol. The van der Waals surface area contributed by atoms with Crippen LogP contribution in [0.5, 0.6) is 0 Å². The van der Waals surface area contributed by atoms with Crippen LogP contribution < -0.4 is 5.32 Å².